The van der Waals surface area contributed by atoms with E-state index in [4.69, 9.17) is 0 Å². The zero-order valence-corrected chi connectivity index (χ0v) is 9.09. The first-order chi connectivity index (χ1) is 8.09. The van der Waals surface area contributed by atoms with Gasteiger partial charge >= 0.3 is 0 Å². The van der Waals surface area contributed by atoms with Gasteiger partial charge in [-0.05, 0) is 25.0 Å². The van der Waals surface area contributed by atoms with Gasteiger partial charge in [0.1, 0.15) is 5.78 Å². The van der Waals surface area contributed by atoms with Crippen LogP contribution < -0.4 is 0 Å². The van der Waals surface area contributed by atoms with Crippen molar-refractivity contribution in [2.75, 3.05) is 0 Å². The average molecular weight is 233 g/mol. The molecule has 0 saturated heterocycles. The van der Waals surface area contributed by atoms with Gasteiger partial charge in [-0.25, -0.2) is 0 Å². The van der Waals surface area contributed by atoms with Crippen LogP contribution in [0.3, 0.4) is 0 Å². The fourth-order valence-corrected chi connectivity index (χ4v) is 2.04. The number of rotatable bonds is 3. The van der Waals surface area contributed by atoms with Crippen molar-refractivity contribution in [2.45, 2.75) is 19.3 Å². The maximum atomic E-state index is 11.9. The van der Waals surface area contributed by atoms with Crippen LogP contribution >= 0.6 is 0 Å². The Morgan fingerprint density at radius 2 is 1.94 bits per heavy atom. The van der Waals surface area contributed by atoms with E-state index in [1.54, 1.807) is 0 Å². The number of hydrogen-bond donors (Lipinski definition) is 0. The Morgan fingerprint density at radius 3 is 2.41 bits per heavy atom. The Morgan fingerprint density at radius 1 is 1.29 bits per heavy atom. The maximum absolute atomic E-state index is 11.9. The van der Waals surface area contributed by atoms with Crippen molar-refractivity contribution in [1.29, 1.82) is 0 Å². The molecule has 88 valence electrons. The second-order valence-corrected chi connectivity index (χ2v) is 4.08. The third-order valence-corrected chi connectivity index (χ3v) is 2.98. The number of carbonyl (C=O) groups is 2. The number of nitro groups is 1. The summed E-state index contributed by atoms with van der Waals surface area (Å²) < 4.78 is 0. The van der Waals surface area contributed by atoms with E-state index in [9.17, 15) is 19.7 Å². The number of nitrogens with zero attached hydrogens (tertiary/aromatic N) is 1. The van der Waals surface area contributed by atoms with Gasteiger partial charge in [0, 0.05) is 24.1 Å². The number of hydrogen-bond acceptors (Lipinski definition) is 4. The molecule has 1 aliphatic carbocycles. The molecule has 0 radical (unpaired) electrons. The van der Waals surface area contributed by atoms with Gasteiger partial charge in [-0.2, -0.15) is 0 Å². The van der Waals surface area contributed by atoms with Gasteiger partial charge < -0.3 is 0 Å². The largest absolute Gasteiger partial charge is 0.299 e. The first-order valence-corrected chi connectivity index (χ1v) is 5.41. The van der Waals surface area contributed by atoms with E-state index >= 15 is 0 Å². The van der Waals surface area contributed by atoms with Gasteiger partial charge in [0.05, 0.1) is 10.8 Å². The minimum Gasteiger partial charge on any atom is -0.299 e. The standard InChI is InChI=1S/C12H11NO4/c14-11-3-1-2-10(11)12(15)8-4-6-9(7-5-8)13(16)17/h4-7,10H,1-3H2. The third-order valence-electron chi connectivity index (χ3n) is 2.98. The molecular formula is C12H11NO4. The molecule has 0 amide bonds. The molecule has 1 fully saturated rings. The lowest BCUT2D eigenvalue weighted by Crippen LogP contribution is -2.18. The van der Waals surface area contributed by atoms with Crippen LogP contribution in [-0.4, -0.2) is 16.5 Å². The summed E-state index contributed by atoms with van der Waals surface area (Å²) in [5.74, 6) is -0.785. The summed E-state index contributed by atoms with van der Waals surface area (Å²) >= 11 is 0. The number of nitro benzene ring substituents is 1. The third kappa shape index (κ3) is 2.22. The number of benzene rings is 1. The second kappa shape index (κ2) is 4.45. The van der Waals surface area contributed by atoms with E-state index in [2.05, 4.69) is 0 Å². The first-order valence-electron chi connectivity index (χ1n) is 5.41. The molecule has 1 aromatic rings. The summed E-state index contributed by atoms with van der Waals surface area (Å²) in [6.07, 6.45) is 1.81. The van der Waals surface area contributed by atoms with Gasteiger partial charge in [-0.15, -0.1) is 0 Å². The Labute approximate surface area is 97.6 Å². The van der Waals surface area contributed by atoms with Crippen LogP contribution in [0, 0.1) is 16.0 Å². The van der Waals surface area contributed by atoms with E-state index < -0.39 is 10.8 Å². The molecule has 0 aromatic heterocycles. The lowest BCUT2D eigenvalue weighted by molar-refractivity contribution is -0.384. The van der Waals surface area contributed by atoms with Crippen LogP contribution in [0.15, 0.2) is 24.3 Å². The van der Waals surface area contributed by atoms with Gasteiger partial charge in [-0.1, -0.05) is 0 Å². The Balaban J connectivity index is 2.20. The molecule has 1 aromatic carbocycles. The van der Waals surface area contributed by atoms with Gasteiger partial charge in [0.15, 0.2) is 5.78 Å². The highest BCUT2D eigenvalue weighted by Crippen LogP contribution is 2.25. The van der Waals surface area contributed by atoms with E-state index in [0.29, 0.717) is 18.4 Å². The van der Waals surface area contributed by atoms with Crippen molar-refractivity contribution < 1.29 is 14.5 Å². The van der Waals surface area contributed by atoms with Gasteiger partial charge in [0.2, 0.25) is 0 Å². The quantitative estimate of drug-likeness (QED) is 0.347. The minimum atomic E-state index is -0.545. The monoisotopic (exact) mass is 233 g/mol. The lowest BCUT2D eigenvalue weighted by atomic mass is 9.95. The minimum absolute atomic E-state index is 0.0200. The van der Waals surface area contributed by atoms with Gasteiger partial charge in [-0.3, -0.25) is 19.7 Å². The zero-order chi connectivity index (χ0) is 12.4. The number of Topliss-reactive ketones (excluding diaryl/α,β-unsaturated/α-hetero) is 2. The Kier molecular flexibility index (Phi) is 2.99. The Bertz CT molecular complexity index is 478. The van der Waals surface area contributed by atoms with Crippen LogP contribution in [0.25, 0.3) is 0 Å². The SMILES string of the molecule is O=C1CCCC1C(=O)c1ccc([N+](=O)[O-])cc1. The molecule has 1 unspecified atom stereocenters. The van der Waals surface area contributed by atoms with Gasteiger partial charge in [0.25, 0.3) is 5.69 Å². The van der Waals surface area contributed by atoms with Crippen LogP contribution in [0.2, 0.25) is 0 Å². The molecule has 5 nitrogen and oxygen atoms in total. The molecule has 0 heterocycles. The molecule has 1 saturated carbocycles. The van der Waals surface area contributed by atoms with Crippen molar-refractivity contribution in [2.24, 2.45) is 5.92 Å². The van der Waals surface area contributed by atoms with E-state index in [1.165, 1.54) is 24.3 Å². The summed E-state index contributed by atoms with van der Waals surface area (Å²) in [7, 11) is 0. The smallest absolute Gasteiger partial charge is 0.269 e. The molecule has 17 heavy (non-hydrogen) atoms. The number of ketones is 2. The summed E-state index contributed by atoms with van der Waals surface area (Å²) in [5, 5.41) is 10.5. The van der Waals surface area contributed by atoms with Crippen molar-refractivity contribution in [3.63, 3.8) is 0 Å². The molecule has 0 bridgehead atoms. The fraction of sp³-hybridized carbons (Fsp3) is 0.333. The van der Waals surface area contributed by atoms with E-state index in [-0.39, 0.29) is 17.3 Å². The highest BCUT2D eigenvalue weighted by molar-refractivity contribution is 6.11. The topological polar surface area (TPSA) is 77.3 Å². The molecule has 2 rings (SSSR count). The molecule has 0 N–H and O–H groups in total. The van der Waals surface area contributed by atoms with Crippen molar-refractivity contribution in [3.05, 3.63) is 39.9 Å². The maximum Gasteiger partial charge on any atom is 0.269 e. The number of non-ortho nitro benzene ring substituents is 1. The molecule has 1 atom stereocenters. The summed E-state index contributed by atoms with van der Waals surface area (Å²) in [4.78, 5) is 33.3. The summed E-state index contributed by atoms with van der Waals surface area (Å²) in [6, 6.07) is 5.39. The zero-order valence-electron chi connectivity index (χ0n) is 9.09. The van der Waals surface area contributed by atoms with Crippen LogP contribution in [-0.2, 0) is 4.79 Å². The first kappa shape index (κ1) is 11.4. The molecule has 5 heteroatoms. The lowest BCUT2D eigenvalue weighted by Gasteiger charge is -2.06. The van der Waals surface area contributed by atoms with Crippen LogP contribution in [0.4, 0.5) is 5.69 Å². The molecule has 0 aliphatic heterocycles. The average Bonchev–Trinajstić information content (AvgIpc) is 2.74. The summed E-state index contributed by atoms with van der Waals surface area (Å²) in [6.45, 7) is 0. The predicted molar refractivity (Wildman–Crippen MR) is 59.8 cm³/mol. The molecule has 0 spiro atoms. The van der Waals surface area contributed by atoms with Crippen molar-refractivity contribution >= 4 is 17.3 Å². The Hall–Kier alpha value is -2.04. The van der Waals surface area contributed by atoms with Crippen molar-refractivity contribution in [3.8, 4) is 0 Å². The highest BCUT2D eigenvalue weighted by atomic mass is 16.6. The normalized spacial score (nSPS) is 19.3. The van der Waals surface area contributed by atoms with Crippen LogP contribution in [0.1, 0.15) is 29.6 Å². The number of carbonyl (C=O) groups excluding carboxylic acids is 2. The molecular weight excluding hydrogens is 222 g/mol. The second-order valence-electron chi connectivity index (χ2n) is 4.08. The predicted octanol–water partition coefficient (Wildman–Crippen LogP) is 2.15. The van der Waals surface area contributed by atoms with Crippen molar-refractivity contribution in [1.82, 2.24) is 0 Å². The van der Waals surface area contributed by atoms with E-state index in [0.717, 1.165) is 6.42 Å². The fourth-order valence-electron chi connectivity index (χ4n) is 2.04. The van der Waals surface area contributed by atoms with Crippen LogP contribution in [0.5, 0.6) is 0 Å². The summed E-state index contributed by atoms with van der Waals surface area (Å²) in [5.41, 5.74) is 0.315. The van der Waals surface area contributed by atoms with E-state index in [1.807, 2.05) is 0 Å². The highest BCUT2D eigenvalue weighted by Gasteiger charge is 2.31. The molecule has 1 aliphatic rings.